The summed E-state index contributed by atoms with van der Waals surface area (Å²) in [5.41, 5.74) is 3.71. The first-order chi connectivity index (χ1) is 17.1. The van der Waals surface area contributed by atoms with Gasteiger partial charge in [-0.3, -0.25) is 9.69 Å². The minimum absolute atomic E-state index is 0.00376. The molecule has 2 spiro atoms. The van der Waals surface area contributed by atoms with Gasteiger partial charge >= 0.3 is 0 Å². The van der Waals surface area contributed by atoms with Crippen LogP contribution in [-0.4, -0.2) is 65.6 Å². The lowest BCUT2D eigenvalue weighted by atomic mass is 9.42. The van der Waals surface area contributed by atoms with Gasteiger partial charge in [-0.1, -0.05) is 6.07 Å². The largest absolute Gasteiger partial charge is 0.493 e. The number of amides is 1. The number of carbonyl (C=O) groups excluding carboxylic acids is 1. The van der Waals surface area contributed by atoms with Crippen LogP contribution in [0, 0.1) is 11.3 Å². The highest BCUT2D eigenvalue weighted by Gasteiger charge is 2.74. The molecule has 3 saturated heterocycles. The zero-order chi connectivity index (χ0) is 23.4. The maximum atomic E-state index is 13.7. The summed E-state index contributed by atoms with van der Waals surface area (Å²) in [6, 6.07) is 5.02. The van der Waals surface area contributed by atoms with Crippen LogP contribution in [0.4, 0.5) is 0 Å². The summed E-state index contributed by atoms with van der Waals surface area (Å²) in [6.45, 7) is 3.19. The van der Waals surface area contributed by atoms with Crippen molar-refractivity contribution < 1.29 is 18.7 Å². The number of hydrogen-bond acceptors (Lipinski definition) is 6. The Kier molecular flexibility index (Phi) is 4.14. The van der Waals surface area contributed by atoms with E-state index in [0.717, 1.165) is 56.2 Å². The molecule has 7 nitrogen and oxygen atoms in total. The number of benzene rings is 1. The van der Waals surface area contributed by atoms with E-state index in [1.807, 2.05) is 0 Å². The van der Waals surface area contributed by atoms with Crippen molar-refractivity contribution in [1.29, 1.82) is 0 Å². The SMILES string of the molecule is COc1ccc2c3c1O[C@H]1[C@H]4CC[C@@]5(CCN4C(=O)Cc4cocn4)[C@@H](C2)N(CC2CC2)CC[C@]315. The molecule has 0 radical (unpaired) electrons. The van der Waals surface area contributed by atoms with Gasteiger partial charge in [0, 0.05) is 35.5 Å². The standard InChI is InChI=1S/C28H33N3O4/c1-33-21-5-4-18-12-22-27-7-6-20(31(11-8-27)23(32)13-19-15-34-16-29-19)26-28(27,24(18)25(21)35-26)9-10-30(22)14-17-2-3-17/h4-5,15-17,20,22,26H,2-3,6-14H2,1H3/t20-,22-,26+,27-,28+/m1/s1. The number of oxazole rings is 1. The van der Waals surface area contributed by atoms with Crippen LogP contribution >= 0.6 is 0 Å². The van der Waals surface area contributed by atoms with E-state index in [1.54, 1.807) is 13.4 Å². The summed E-state index contributed by atoms with van der Waals surface area (Å²) < 4.78 is 18.0. The van der Waals surface area contributed by atoms with Gasteiger partial charge in [0.2, 0.25) is 5.91 Å². The van der Waals surface area contributed by atoms with Crippen LogP contribution in [0.3, 0.4) is 0 Å². The van der Waals surface area contributed by atoms with Gasteiger partial charge in [0.05, 0.1) is 25.3 Å². The fraction of sp³-hybridized carbons (Fsp3) is 0.643. The van der Waals surface area contributed by atoms with E-state index in [0.29, 0.717) is 18.2 Å². The molecule has 2 saturated carbocycles. The molecule has 5 atom stereocenters. The average molecular weight is 476 g/mol. The average Bonchev–Trinajstić information content (AvgIpc) is 3.49. The van der Waals surface area contributed by atoms with Gasteiger partial charge in [0.25, 0.3) is 0 Å². The Morgan fingerprint density at radius 2 is 2.11 bits per heavy atom. The highest BCUT2D eigenvalue weighted by Crippen LogP contribution is 2.71. The van der Waals surface area contributed by atoms with Crippen molar-refractivity contribution in [2.45, 2.75) is 75.0 Å². The van der Waals surface area contributed by atoms with Gasteiger partial charge in [-0.15, -0.1) is 0 Å². The number of rotatable bonds is 5. The number of aromatic nitrogens is 1. The number of likely N-dealkylation sites (tertiary alicyclic amines) is 1. The number of nitrogens with zero attached hydrogens (tertiary/aromatic N) is 3. The molecule has 7 aliphatic rings. The molecule has 9 rings (SSSR count). The Bertz CT molecular complexity index is 1190. The third kappa shape index (κ3) is 2.55. The van der Waals surface area contributed by atoms with Crippen molar-refractivity contribution in [3.63, 3.8) is 0 Å². The summed E-state index contributed by atoms with van der Waals surface area (Å²) >= 11 is 0. The first-order valence-corrected chi connectivity index (χ1v) is 13.4. The highest BCUT2D eigenvalue weighted by molar-refractivity contribution is 5.79. The first-order valence-electron chi connectivity index (χ1n) is 13.4. The molecule has 5 heterocycles. The van der Waals surface area contributed by atoms with Gasteiger partial charge in [-0.25, -0.2) is 4.98 Å². The van der Waals surface area contributed by atoms with Gasteiger partial charge in [-0.05, 0) is 69.0 Å². The quantitative estimate of drug-likeness (QED) is 0.661. The Balaban J connectivity index is 1.27. The number of ether oxygens (including phenoxy) is 2. The van der Waals surface area contributed by atoms with Gasteiger partial charge < -0.3 is 18.8 Å². The molecule has 5 fully saturated rings. The maximum Gasteiger partial charge on any atom is 0.229 e. The normalized spacial score (nSPS) is 36.5. The van der Waals surface area contributed by atoms with E-state index < -0.39 is 0 Å². The topological polar surface area (TPSA) is 68.0 Å². The molecule has 7 heteroatoms. The van der Waals surface area contributed by atoms with E-state index in [1.165, 1.54) is 43.3 Å². The van der Waals surface area contributed by atoms with E-state index in [-0.39, 0.29) is 28.9 Å². The Morgan fingerprint density at radius 3 is 2.91 bits per heavy atom. The zero-order valence-electron chi connectivity index (χ0n) is 20.4. The fourth-order valence-electron chi connectivity index (χ4n) is 9.03. The molecule has 2 aromatic rings. The molecule has 3 aliphatic carbocycles. The summed E-state index contributed by atoms with van der Waals surface area (Å²) in [7, 11) is 1.75. The van der Waals surface area contributed by atoms with Crippen LogP contribution in [-0.2, 0) is 23.1 Å². The van der Waals surface area contributed by atoms with Crippen LogP contribution in [0.2, 0.25) is 0 Å². The molecule has 184 valence electrons. The van der Waals surface area contributed by atoms with Crippen LogP contribution < -0.4 is 9.47 Å². The molecule has 1 aromatic heterocycles. The minimum atomic E-state index is -0.0268. The minimum Gasteiger partial charge on any atom is -0.493 e. The second-order valence-corrected chi connectivity index (χ2v) is 11.8. The van der Waals surface area contributed by atoms with Crippen molar-refractivity contribution in [2.75, 3.05) is 26.7 Å². The predicted molar refractivity (Wildman–Crippen MR) is 127 cm³/mol. The Hall–Kier alpha value is -2.54. The van der Waals surface area contributed by atoms with Crippen LogP contribution in [0.5, 0.6) is 11.5 Å². The molecular weight excluding hydrogens is 442 g/mol. The third-order valence-corrected chi connectivity index (χ3v) is 10.5. The number of piperidine rings is 1. The van der Waals surface area contributed by atoms with E-state index in [4.69, 9.17) is 13.9 Å². The number of hydrogen-bond donors (Lipinski definition) is 0. The van der Waals surface area contributed by atoms with Crippen molar-refractivity contribution in [1.82, 2.24) is 14.8 Å². The molecule has 35 heavy (non-hydrogen) atoms. The highest BCUT2D eigenvalue weighted by atomic mass is 16.5. The maximum absolute atomic E-state index is 13.7. The third-order valence-electron chi connectivity index (χ3n) is 10.5. The van der Waals surface area contributed by atoms with Crippen LogP contribution in [0.25, 0.3) is 0 Å². The lowest BCUT2D eigenvalue weighted by molar-refractivity contribution is -0.143. The molecule has 0 unspecified atom stereocenters. The van der Waals surface area contributed by atoms with Crippen molar-refractivity contribution >= 4 is 5.91 Å². The van der Waals surface area contributed by atoms with Gasteiger partial charge in [0.1, 0.15) is 12.4 Å². The molecule has 4 aliphatic heterocycles. The zero-order valence-corrected chi connectivity index (χ0v) is 20.4. The molecule has 1 amide bonds. The summed E-state index contributed by atoms with van der Waals surface area (Å²) in [5, 5.41) is 0. The van der Waals surface area contributed by atoms with Crippen molar-refractivity contribution in [2.24, 2.45) is 11.3 Å². The fourth-order valence-corrected chi connectivity index (χ4v) is 9.03. The lowest BCUT2D eigenvalue weighted by Gasteiger charge is -2.66. The smallest absolute Gasteiger partial charge is 0.229 e. The van der Waals surface area contributed by atoms with E-state index >= 15 is 0 Å². The molecule has 0 N–H and O–H groups in total. The lowest BCUT2D eigenvalue weighted by Crippen LogP contribution is -2.72. The van der Waals surface area contributed by atoms with Gasteiger partial charge in [-0.2, -0.15) is 0 Å². The molecular formula is C28H33N3O4. The summed E-state index contributed by atoms with van der Waals surface area (Å²) in [4.78, 5) is 22.9. The summed E-state index contributed by atoms with van der Waals surface area (Å²) in [5.74, 6) is 2.84. The van der Waals surface area contributed by atoms with Crippen molar-refractivity contribution in [3.05, 3.63) is 41.6 Å². The second kappa shape index (κ2) is 7.02. The molecule has 4 bridgehead atoms. The number of carbonyl (C=O) groups is 1. The molecule has 1 aromatic carbocycles. The van der Waals surface area contributed by atoms with Crippen LogP contribution in [0.15, 0.2) is 29.2 Å². The number of fused-ring (bicyclic) bond motifs is 3. The summed E-state index contributed by atoms with van der Waals surface area (Å²) in [6.07, 6.45) is 11.5. The van der Waals surface area contributed by atoms with E-state index in [2.05, 4.69) is 26.9 Å². The Labute approximate surface area is 205 Å². The predicted octanol–water partition coefficient (Wildman–Crippen LogP) is 3.35. The van der Waals surface area contributed by atoms with Crippen LogP contribution in [0.1, 0.15) is 55.3 Å². The number of methoxy groups -OCH3 is 1. The van der Waals surface area contributed by atoms with E-state index in [9.17, 15) is 4.79 Å². The second-order valence-electron chi connectivity index (χ2n) is 11.8. The Morgan fingerprint density at radius 1 is 1.20 bits per heavy atom. The van der Waals surface area contributed by atoms with Crippen molar-refractivity contribution in [3.8, 4) is 11.5 Å². The van der Waals surface area contributed by atoms with Gasteiger partial charge in [0.15, 0.2) is 17.9 Å². The first kappa shape index (κ1) is 20.6. The monoisotopic (exact) mass is 475 g/mol.